The van der Waals surface area contributed by atoms with Gasteiger partial charge in [-0.1, -0.05) is 49.4 Å². The zero-order valence-corrected chi connectivity index (χ0v) is 21.6. The Labute approximate surface area is 210 Å². The highest BCUT2D eigenvalue weighted by Crippen LogP contribution is 2.36. The number of fused-ring (bicyclic) bond motifs is 2. The van der Waals surface area contributed by atoms with E-state index in [-0.39, 0.29) is 28.1 Å². The number of pyridine rings is 1. The fourth-order valence-corrected chi connectivity index (χ4v) is 4.79. The molecule has 4 aromatic heterocycles. The summed E-state index contributed by atoms with van der Waals surface area (Å²) in [5, 5.41) is 0.877. The molecule has 0 radical (unpaired) electrons. The summed E-state index contributed by atoms with van der Waals surface area (Å²) >= 11 is 5.96. The molecule has 0 aliphatic heterocycles. The lowest BCUT2D eigenvalue weighted by Gasteiger charge is -2.15. The number of hydrogen-bond donors (Lipinski definition) is 0. The highest BCUT2D eigenvalue weighted by molar-refractivity contribution is 6.76. The molecule has 0 aliphatic rings. The largest absolute Gasteiger partial charge is 0.450 e. The molecule has 0 fully saturated rings. The van der Waals surface area contributed by atoms with Crippen molar-refractivity contribution in [3.8, 4) is 17.3 Å². The number of imidazole rings is 1. The van der Waals surface area contributed by atoms with Crippen LogP contribution in [-0.2, 0) is 17.6 Å². The van der Waals surface area contributed by atoms with Crippen molar-refractivity contribution in [1.82, 2.24) is 24.1 Å². The van der Waals surface area contributed by atoms with E-state index in [1.165, 1.54) is 18.3 Å². The van der Waals surface area contributed by atoms with E-state index in [1.807, 2.05) is 35.0 Å². The molecule has 0 spiro atoms. The molecule has 188 valence electrons. The lowest BCUT2D eigenvalue weighted by atomic mass is 10.2. The van der Waals surface area contributed by atoms with Gasteiger partial charge in [-0.05, 0) is 24.2 Å². The molecule has 0 saturated heterocycles. The molecular formula is C24H23ClF3N5O2Si. The molecule has 1 aromatic carbocycles. The Bertz CT molecular complexity index is 1550. The predicted octanol–water partition coefficient (Wildman–Crippen LogP) is 7.01. The fourth-order valence-electron chi connectivity index (χ4n) is 3.89. The Morgan fingerprint density at radius 1 is 1.08 bits per heavy atom. The Morgan fingerprint density at radius 2 is 1.86 bits per heavy atom. The van der Waals surface area contributed by atoms with Crippen molar-refractivity contribution >= 4 is 41.7 Å². The molecule has 0 saturated carbocycles. The summed E-state index contributed by atoms with van der Waals surface area (Å²) < 4.78 is 56.0. The number of alkyl halides is 3. The number of ether oxygens (including phenoxy) is 1. The van der Waals surface area contributed by atoms with E-state index in [4.69, 9.17) is 20.8 Å². The van der Waals surface area contributed by atoms with Crippen LogP contribution < -0.4 is 0 Å². The van der Waals surface area contributed by atoms with Crippen molar-refractivity contribution in [2.24, 2.45) is 0 Å². The van der Waals surface area contributed by atoms with E-state index in [9.17, 15) is 13.2 Å². The molecule has 12 heteroatoms. The van der Waals surface area contributed by atoms with Crippen molar-refractivity contribution in [2.45, 2.75) is 38.6 Å². The van der Waals surface area contributed by atoms with Crippen LogP contribution in [0.15, 0.2) is 53.2 Å². The topological polar surface area (TPSA) is 70.9 Å². The lowest BCUT2D eigenvalue weighted by molar-refractivity contribution is -0.145. The van der Waals surface area contributed by atoms with Crippen molar-refractivity contribution in [2.75, 3.05) is 6.61 Å². The molecule has 0 aliphatic carbocycles. The van der Waals surface area contributed by atoms with Crippen molar-refractivity contribution in [3.63, 3.8) is 0 Å². The molecule has 7 nitrogen and oxygen atoms in total. The Balaban J connectivity index is 1.54. The van der Waals surface area contributed by atoms with Gasteiger partial charge >= 0.3 is 6.18 Å². The molecule has 4 heterocycles. The highest BCUT2D eigenvalue weighted by atomic mass is 35.5. The van der Waals surface area contributed by atoms with E-state index in [0.717, 1.165) is 21.5 Å². The molecule has 36 heavy (non-hydrogen) atoms. The minimum atomic E-state index is -4.75. The highest BCUT2D eigenvalue weighted by Gasteiger charge is 2.39. The Kier molecular flexibility index (Phi) is 6.17. The van der Waals surface area contributed by atoms with Crippen LogP contribution in [0.5, 0.6) is 0 Å². The molecule has 0 atom stereocenters. The van der Waals surface area contributed by atoms with Gasteiger partial charge in [0.15, 0.2) is 5.65 Å². The van der Waals surface area contributed by atoms with Gasteiger partial charge in [0.05, 0.1) is 17.3 Å². The molecule has 0 N–H and O–H groups in total. The number of hydrogen-bond acceptors (Lipinski definition) is 5. The van der Waals surface area contributed by atoms with E-state index in [1.54, 1.807) is 0 Å². The van der Waals surface area contributed by atoms with Gasteiger partial charge in [0.25, 0.3) is 0 Å². The number of benzene rings is 1. The third-order valence-electron chi connectivity index (χ3n) is 5.68. The lowest BCUT2D eigenvalue weighted by Crippen LogP contribution is -2.21. The average Bonchev–Trinajstić information content (AvgIpc) is 3.50. The zero-order valence-electron chi connectivity index (χ0n) is 19.8. The van der Waals surface area contributed by atoms with Crippen LogP contribution in [0.25, 0.3) is 39.4 Å². The quantitative estimate of drug-likeness (QED) is 0.128. The summed E-state index contributed by atoms with van der Waals surface area (Å²) in [6.07, 6.45) is -1.69. The molecule has 5 rings (SSSR count). The zero-order chi connectivity index (χ0) is 25.7. The SMILES string of the molecule is C[Si](C)(C)CCOCn1cc(-c2ncc(-n3c(C(F)(F)F)nc4ccc(Cl)nc43)o2)c2ccccc21. The third kappa shape index (κ3) is 4.78. The van der Waals surface area contributed by atoms with Gasteiger partial charge in [0.1, 0.15) is 17.4 Å². The minimum Gasteiger partial charge on any atom is -0.420 e. The second-order valence-electron chi connectivity index (χ2n) is 9.63. The van der Waals surface area contributed by atoms with Crippen LogP contribution in [0.3, 0.4) is 0 Å². The van der Waals surface area contributed by atoms with Crippen LogP contribution in [0.1, 0.15) is 5.82 Å². The number of rotatable bonds is 7. The first kappa shape index (κ1) is 24.5. The summed E-state index contributed by atoms with van der Waals surface area (Å²) in [5.74, 6) is -1.18. The van der Waals surface area contributed by atoms with E-state index < -0.39 is 20.1 Å². The van der Waals surface area contributed by atoms with Crippen LogP contribution >= 0.6 is 11.6 Å². The monoisotopic (exact) mass is 533 g/mol. The Hall–Kier alpha value is -3.15. The van der Waals surface area contributed by atoms with E-state index >= 15 is 0 Å². The van der Waals surface area contributed by atoms with Gasteiger partial charge < -0.3 is 13.7 Å². The van der Waals surface area contributed by atoms with Crippen molar-refractivity contribution in [1.29, 1.82) is 0 Å². The molecule has 5 aromatic rings. The minimum absolute atomic E-state index is 0.0364. The molecule has 0 unspecified atom stereocenters. The summed E-state index contributed by atoms with van der Waals surface area (Å²) in [6.45, 7) is 7.86. The summed E-state index contributed by atoms with van der Waals surface area (Å²) in [6, 6.07) is 11.4. The number of aromatic nitrogens is 5. The first-order valence-electron chi connectivity index (χ1n) is 11.3. The first-order valence-corrected chi connectivity index (χ1v) is 15.3. The number of nitrogens with zero attached hydrogens (tertiary/aromatic N) is 5. The van der Waals surface area contributed by atoms with Gasteiger partial charge in [0, 0.05) is 26.3 Å². The van der Waals surface area contributed by atoms with Gasteiger partial charge in [-0.15, -0.1) is 0 Å². The molecule has 0 bridgehead atoms. The molecule has 0 amide bonds. The first-order chi connectivity index (χ1) is 17.0. The van der Waals surface area contributed by atoms with Crippen molar-refractivity contribution < 1.29 is 22.3 Å². The molecular weight excluding hydrogens is 511 g/mol. The Morgan fingerprint density at radius 3 is 2.61 bits per heavy atom. The fraction of sp³-hybridized carbons (Fsp3) is 0.292. The second-order valence-corrected chi connectivity index (χ2v) is 15.6. The van der Waals surface area contributed by atoms with Crippen molar-refractivity contribution in [3.05, 3.63) is 59.8 Å². The standard InChI is InChI=1S/C24H23ClF3N5O2Si/c1-36(2,3)11-10-34-14-32-13-16(15-6-4-5-7-18(15)32)22-29-12-20(35-22)33-21-17(8-9-19(25)31-21)30-23(33)24(26,27)28/h4-9,12-13H,10-11,14H2,1-3H3. The van der Waals surface area contributed by atoms with Gasteiger partial charge in [-0.25, -0.2) is 19.5 Å². The maximum Gasteiger partial charge on any atom is 0.450 e. The normalized spacial score (nSPS) is 12.8. The van der Waals surface area contributed by atoms with Gasteiger partial charge in [0.2, 0.25) is 17.6 Å². The summed E-state index contributed by atoms with van der Waals surface area (Å²) in [4.78, 5) is 12.0. The smallest absolute Gasteiger partial charge is 0.420 e. The number of para-hydroxylation sites is 1. The maximum atomic E-state index is 13.8. The van der Waals surface area contributed by atoms with E-state index in [0.29, 0.717) is 18.9 Å². The van der Waals surface area contributed by atoms with Gasteiger partial charge in [-0.2, -0.15) is 13.2 Å². The number of oxazole rings is 1. The third-order valence-corrected chi connectivity index (χ3v) is 7.60. The summed E-state index contributed by atoms with van der Waals surface area (Å²) in [5.41, 5.74) is 1.50. The van der Waals surface area contributed by atoms with E-state index in [2.05, 4.69) is 34.6 Å². The average molecular weight is 534 g/mol. The van der Waals surface area contributed by atoms with Crippen LogP contribution in [0, 0.1) is 0 Å². The summed E-state index contributed by atoms with van der Waals surface area (Å²) in [7, 11) is -1.22. The van der Waals surface area contributed by atoms with Crippen LogP contribution in [-0.4, -0.2) is 38.8 Å². The predicted molar refractivity (Wildman–Crippen MR) is 134 cm³/mol. The number of halogens is 4. The van der Waals surface area contributed by atoms with Crippen LogP contribution in [0.2, 0.25) is 30.8 Å². The second kappa shape index (κ2) is 9.06. The maximum absolute atomic E-state index is 13.8. The van der Waals surface area contributed by atoms with Gasteiger partial charge in [-0.3, -0.25) is 0 Å². The van der Waals surface area contributed by atoms with Crippen LogP contribution in [0.4, 0.5) is 13.2 Å².